The molecule has 0 radical (unpaired) electrons. The lowest BCUT2D eigenvalue weighted by atomic mass is 9.44. The average Bonchev–Trinajstić information content (AvgIpc) is 2.90. The van der Waals surface area contributed by atoms with Crippen LogP contribution >= 0.6 is 0 Å². The first kappa shape index (κ1) is 17.9. The average molecular weight is 341 g/mol. The lowest BCUT2D eigenvalue weighted by Crippen LogP contribution is -2.52. The Bertz CT molecular complexity index is 606. The summed E-state index contributed by atoms with van der Waals surface area (Å²) in [5.74, 6) is 4.44. The van der Waals surface area contributed by atoms with Crippen molar-refractivity contribution in [2.24, 2.45) is 40.4 Å². The van der Waals surface area contributed by atoms with Crippen LogP contribution in [0.15, 0.2) is 22.8 Å². The number of rotatable bonds is 1. The van der Waals surface area contributed by atoms with E-state index < -0.39 is 0 Å². The molecule has 0 nitrogen and oxygen atoms in total. The molecule has 0 amide bonds. The lowest BCUT2D eigenvalue weighted by molar-refractivity contribution is -0.0457. The van der Waals surface area contributed by atoms with Gasteiger partial charge in [0.2, 0.25) is 0 Å². The quantitative estimate of drug-likeness (QED) is 0.432. The zero-order valence-corrected chi connectivity index (χ0v) is 17.6. The van der Waals surface area contributed by atoms with Gasteiger partial charge in [-0.25, -0.2) is 0 Å². The second kappa shape index (κ2) is 6.00. The summed E-state index contributed by atoms with van der Waals surface area (Å²) < 4.78 is 0. The van der Waals surface area contributed by atoms with Crippen LogP contribution in [0.2, 0.25) is 0 Å². The molecule has 0 heterocycles. The van der Waals surface area contributed by atoms with E-state index >= 15 is 0 Å². The van der Waals surface area contributed by atoms with Gasteiger partial charge >= 0.3 is 0 Å². The highest BCUT2D eigenvalue weighted by molar-refractivity contribution is 5.34. The first-order chi connectivity index (χ1) is 11.8. The highest BCUT2D eigenvalue weighted by Crippen LogP contribution is 2.67. The maximum absolute atomic E-state index is 2.62. The molecule has 0 bridgehead atoms. The van der Waals surface area contributed by atoms with Crippen LogP contribution in [-0.4, -0.2) is 0 Å². The van der Waals surface area contributed by atoms with E-state index in [0.29, 0.717) is 10.8 Å². The van der Waals surface area contributed by atoms with E-state index in [-0.39, 0.29) is 0 Å². The minimum absolute atomic E-state index is 0.522. The molecule has 25 heavy (non-hydrogen) atoms. The predicted octanol–water partition coefficient (Wildman–Crippen LogP) is 7.56. The van der Waals surface area contributed by atoms with Gasteiger partial charge in [-0.05, 0) is 98.7 Å². The first-order valence-electron chi connectivity index (χ1n) is 11.2. The van der Waals surface area contributed by atoms with E-state index in [4.69, 9.17) is 0 Å². The maximum atomic E-state index is 2.62. The minimum atomic E-state index is 0.522. The number of fused-ring (bicyclic) bond motifs is 3. The topological polar surface area (TPSA) is 0 Å². The molecule has 0 heteroatoms. The molecule has 2 saturated carbocycles. The van der Waals surface area contributed by atoms with Crippen LogP contribution in [0, 0.1) is 40.4 Å². The molecule has 0 saturated heterocycles. The fourth-order valence-corrected chi connectivity index (χ4v) is 7.89. The van der Waals surface area contributed by atoms with Gasteiger partial charge in [-0.2, -0.15) is 0 Å². The summed E-state index contributed by atoms with van der Waals surface area (Å²) in [6.45, 7) is 15.1. The Kier molecular flexibility index (Phi) is 4.29. The molecule has 1 unspecified atom stereocenters. The van der Waals surface area contributed by atoms with E-state index in [1.54, 1.807) is 5.57 Å². The third-order valence-corrected chi connectivity index (χ3v) is 9.46. The van der Waals surface area contributed by atoms with Gasteiger partial charge < -0.3 is 0 Å². The van der Waals surface area contributed by atoms with Crippen LogP contribution in [0.3, 0.4) is 0 Å². The zero-order chi connectivity index (χ0) is 18.0. The van der Waals surface area contributed by atoms with Crippen molar-refractivity contribution in [3.05, 3.63) is 22.8 Å². The molecular weight excluding hydrogens is 300 g/mol. The second-order valence-electron chi connectivity index (χ2n) is 10.8. The smallest absolute Gasteiger partial charge is 0.00310 e. The van der Waals surface area contributed by atoms with Gasteiger partial charge in [0.25, 0.3) is 0 Å². The van der Waals surface area contributed by atoms with Crippen molar-refractivity contribution < 1.29 is 0 Å². The molecule has 2 fully saturated rings. The van der Waals surface area contributed by atoms with Gasteiger partial charge in [0, 0.05) is 0 Å². The second-order valence-corrected chi connectivity index (χ2v) is 10.8. The molecule has 140 valence electrons. The Morgan fingerprint density at radius 2 is 1.88 bits per heavy atom. The van der Waals surface area contributed by atoms with Crippen LogP contribution in [0.4, 0.5) is 0 Å². The summed E-state index contributed by atoms with van der Waals surface area (Å²) in [6, 6.07) is 0. The maximum Gasteiger partial charge on any atom is -0.00310 e. The third-order valence-electron chi connectivity index (χ3n) is 9.46. The van der Waals surface area contributed by atoms with Crippen LogP contribution in [0.25, 0.3) is 0 Å². The standard InChI is InChI=1S/C25H40/c1-16(2)20-11-12-24(6)15-21-17(3)10-13-25(23(21)14-22(20)24)18(4)8-7-9-19(25)5/h8,16-17,19,21,23H,7,9-15H2,1-6H3/t17-,19-,21+,23?,24+,25+/m0/s1. The summed E-state index contributed by atoms with van der Waals surface area (Å²) in [7, 11) is 0. The van der Waals surface area contributed by atoms with Gasteiger partial charge in [0.1, 0.15) is 0 Å². The van der Waals surface area contributed by atoms with Crippen LogP contribution in [-0.2, 0) is 0 Å². The molecule has 0 aromatic heterocycles. The van der Waals surface area contributed by atoms with Crippen LogP contribution in [0.1, 0.15) is 92.9 Å². The molecule has 0 aliphatic heterocycles. The number of hydrogen-bond donors (Lipinski definition) is 0. The summed E-state index contributed by atoms with van der Waals surface area (Å²) in [4.78, 5) is 0. The van der Waals surface area contributed by atoms with E-state index in [1.165, 1.54) is 51.4 Å². The van der Waals surface area contributed by atoms with Crippen molar-refractivity contribution in [3.63, 3.8) is 0 Å². The van der Waals surface area contributed by atoms with Crippen LogP contribution < -0.4 is 0 Å². The largest absolute Gasteiger partial charge is 0.0850 e. The first-order valence-corrected chi connectivity index (χ1v) is 11.2. The van der Waals surface area contributed by atoms with Gasteiger partial charge in [-0.3, -0.25) is 0 Å². The molecule has 6 atom stereocenters. The van der Waals surface area contributed by atoms with E-state index in [9.17, 15) is 0 Å². The van der Waals surface area contributed by atoms with Crippen molar-refractivity contribution in [2.45, 2.75) is 92.9 Å². The van der Waals surface area contributed by atoms with E-state index in [1.807, 2.05) is 11.1 Å². The lowest BCUT2D eigenvalue weighted by Gasteiger charge is -2.60. The normalized spacial score (nSPS) is 47.1. The molecule has 4 rings (SSSR count). The summed E-state index contributed by atoms with van der Waals surface area (Å²) in [5.41, 5.74) is 6.58. The van der Waals surface area contributed by atoms with Gasteiger partial charge in [-0.1, -0.05) is 57.4 Å². The Morgan fingerprint density at radius 3 is 2.56 bits per heavy atom. The molecule has 0 aromatic rings. The number of hydrogen-bond acceptors (Lipinski definition) is 0. The highest BCUT2D eigenvalue weighted by atomic mass is 14.6. The number of allylic oxidation sites excluding steroid dienone is 4. The van der Waals surface area contributed by atoms with Crippen LogP contribution in [0.5, 0.6) is 0 Å². The Balaban J connectivity index is 1.80. The van der Waals surface area contributed by atoms with E-state index in [0.717, 1.165) is 29.6 Å². The summed E-state index contributed by atoms with van der Waals surface area (Å²) >= 11 is 0. The fraction of sp³-hybridized carbons (Fsp3) is 0.840. The van der Waals surface area contributed by atoms with Gasteiger partial charge in [-0.15, -0.1) is 0 Å². The Hall–Kier alpha value is -0.520. The summed E-state index contributed by atoms with van der Waals surface area (Å²) in [5, 5.41) is 0. The van der Waals surface area contributed by atoms with Gasteiger partial charge in [0.05, 0.1) is 0 Å². The SMILES string of the molecule is CC1=CCC[C@H](C)[C@@]12CC[C@H](C)[C@H]1C[C@@]3(C)CCC(C(C)C)=C3CC12. The van der Waals surface area contributed by atoms with E-state index in [2.05, 4.69) is 47.6 Å². The summed E-state index contributed by atoms with van der Waals surface area (Å²) in [6.07, 6.45) is 14.0. The van der Waals surface area contributed by atoms with Crippen molar-refractivity contribution in [2.75, 3.05) is 0 Å². The molecule has 4 aliphatic carbocycles. The molecule has 0 aromatic carbocycles. The molecular formula is C25H40. The molecule has 4 aliphatic rings. The van der Waals surface area contributed by atoms with Crippen molar-refractivity contribution in [1.82, 2.24) is 0 Å². The minimum Gasteiger partial charge on any atom is -0.0850 e. The van der Waals surface area contributed by atoms with Crippen molar-refractivity contribution in [1.29, 1.82) is 0 Å². The third kappa shape index (κ3) is 2.45. The highest BCUT2D eigenvalue weighted by Gasteiger charge is 2.57. The Morgan fingerprint density at radius 1 is 1.12 bits per heavy atom. The molecule has 1 spiro atoms. The predicted molar refractivity (Wildman–Crippen MR) is 108 cm³/mol. The monoisotopic (exact) mass is 340 g/mol. The molecule has 0 N–H and O–H groups in total. The zero-order valence-electron chi connectivity index (χ0n) is 17.6. The fourth-order valence-electron chi connectivity index (χ4n) is 7.89. The van der Waals surface area contributed by atoms with Crippen molar-refractivity contribution >= 4 is 0 Å². The Labute approximate surface area is 156 Å². The van der Waals surface area contributed by atoms with Crippen molar-refractivity contribution in [3.8, 4) is 0 Å². The van der Waals surface area contributed by atoms with Gasteiger partial charge in [0.15, 0.2) is 0 Å².